The second-order valence-electron chi connectivity index (χ2n) is 10.3. The van der Waals surface area contributed by atoms with Gasteiger partial charge in [-0.15, -0.1) is 69.1 Å². The molecule has 0 saturated carbocycles. The maximum absolute atomic E-state index is 4.93. The van der Waals surface area contributed by atoms with Gasteiger partial charge in [0.1, 0.15) is 0 Å². The Kier molecular flexibility index (Phi) is 14.5. The van der Waals surface area contributed by atoms with E-state index >= 15 is 0 Å². The van der Waals surface area contributed by atoms with E-state index in [9.17, 15) is 0 Å². The molecule has 0 saturated heterocycles. The van der Waals surface area contributed by atoms with E-state index in [4.69, 9.17) is 17.0 Å². The van der Waals surface area contributed by atoms with Crippen molar-refractivity contribution in [3.05, 3.63) is 131 Å². The Morgan fingerprint density at radius 3 is 1.24 bits per heavy atom. The van der Waals surface area contributed by atoms with Crippen LogP contribution in [0.2, 0.25) is 13.1 Å². The zero-order valence-electron chi connectivity index (χ0n) is 25.6. The van der Waals surface area contributed by atoms with Gasteiger partial charge in [-0.3, -0.25) is 0 Å². The van der Waals surface area contributed by atoms with Gasteiger partial charge >= 0.3 is 37.9 Å². The van der Waals surface area contributed by atoms with Crippen molar-refractivity contribution in [1.82, 2.24) is 0 Å². The summed E-state index contributed by atoms with van der Waals surface area (Å²) in [6.07, 6.45) is 2.15. The SMILES string of the molecule is CCc1ccc2[cH-]c(C)cc2c1-c1ccccc1.CCc1ccc2[cH-]c(C)cc2c1-c1ccccc1.C[Si]C.[Cl][Zr+2][Cl]. The summed E-state index contributed by atoms with van der Waals surface area (Å²) in [5.41, 5.74) is 11.0. The molecule has 0 aromatic heterocycles. The van der Waals surface area contributed by atoms with Crippen molar-refractivity contribution in [2.75, 3.05) is 0 Å². The minimum atomic E-state index is -0.826. The van der Waals surface area contributed by atoms with Gasteiger partial charge in [0.25, 0.3) is 0 Å². The molecule has 4 heteroatoms. The van der Waals surface area contributed by atoms with E-state index in [0.29, 0.717) is 0 Å². The van der Waals surface area contributed by atoms with E-state index < -0.39 is 20.8 Å². The molecule has 0 unspecified atom stereocenters. The summed E-state index contributed by atoms with van der Waals surface area (Å²) in [5, 5.41) is 5.48. The minimum absolute atomic E-state index is 0.826. The zero-order chi connectivity index (χ0) is 30.5. The molecule has 6 rings (SSSR count). The Hall–Kier alpha value is -2.22. The summed E-state index contributed by atoms with van der Waals surface area (Å²) in [4.78, 5) is 0. The molecule has 42 heavy (non-hydrogen) atoms. The van der Waals surface area contributed by atoms with Crippen LogP contribution in [0.5, 0.6) is 0 Å². The molecule has 0 N–H and O–H groups in total. The summed E-state index contributed by atoms with van der Waals surface area (Å²) in [5.74, 6) is 0. The fourth-order valence-corrected chi connectivity index (χ4v) is 5.43. The van der Waals surface area contributed by atoms with Gasteiger partial charge < -0.3 is 0 Å². The van der Waals surface area contributed by atoms with Crippen LogP contribution in [0, 0.1) is 13.8 Å². The number of fused-ring (bicyclic) bond motifs is 2. The number of rotatable bonds is 4. The van der Waals surface area contributed by atoms with Crippen LogP contribution in [0.4, 0.5) is 0 Å². The molecule has 6 aromatic carbocycles. The second kappa shape index (κ2) is 17.8. The van der Waals surface area contributed by atoms with Gasteiger partial charge in [0.15, 0.2) is 0 Å². The Morgan fingerprint density at radius 2 is 0.929 bits per heavy atom. The first-order valence-corrected chi connectivity index (χ1v) is 22.8. The van der Waals surface area contributed by atoms with Crippen LogP contribution in [-0.4, -0.2) is 9.52 Å². The molecule has 0 heterocycles. The molecule has 0 aliphatic heterocycles. The van der Waals surface area contributed by atoms with Crippen molar-refractivity contribution in [2.24, 2.45) is 0 Å². The van der Waals surface area contributed by atoms with Crippen molar-refractivity contribution in [3.8, 4) is 22.3 Å². The first kappa shape index (κ1) is 34.3. The van der Waals surface area contributed by atoms with E-state index in [1.165, 1.54) is 66.1 Å². The molecule has 6 aromatic rings. The number of hydrogen-bond acceptors (Lipinski definition) is 0. The fraction of sp³-hybridized carbons (Fsp3) is 0.211. The molecule has 214 valence electrons. The van der Waals surface area contributed by atoms with Gasteiger partial charge in [0.05, 0.1) is 0 Å². The molecule has 0 aliphatic carbocycles. The van der Waals surface area contributed by atoms with Gasteiger partial charge in [-0.2, -0.15) is 12.1 Å². The van der Waals surface area contributed by atoms with Crippen molar-refractivity contribution in [3.63, 3.8) is 0 Å². The summed E-state index contributed by atoms with van der Waals surface area (Å²) in [6, 6.07) is 39.6. The summed E-state index contributed by atoms with van der Waals surface area (Å²) < 4.78 is 0. The average Bonchev–Trinajstić information content (AvgIpc) is 3.58. The quantitative estimate of drug-likeness (QED) is 0.128. The molecular weight excluding hydrogens is 647 g/mol. The maximum atomic E-state index is 4.93. The van der Waals surface area contributed by atoms with Crippen molar-refractivity contribution >= 4 is 48.1 Å². The summed E-state index contributed by atoms with van der Waals surface area (Å²) in [6.45, 7) is 13.1. The molecule has 2 radical (unpaired) electrons. The molecular formula is C38H40Cl2SiZr. The van der Waals surface area contributed by atoms with Crippen LogP contribution in [0.15, 0.2) is 109 Å². The Balaban J connectivity index is 0.000000195. The van der Waals surface area contributed by atoms with Crippen LogP contribution in [0.3, 0.4) is 0 Å². The third-order valence-corrected chi connectivity index (χ3v) is 7.13. The van der Waals surface area contributed by atoms with Gasteiger partial charge in [0, 0.05) is 9.52 Å². The number of aryl methyl sites for hydroxylation is 4. The zero-order valence-corrected chi connectivity index (χ0v) is 30.5. The number of hydrogen-bond donors (Lipinski definition) is 0. The monoisotopic (exact) mass is 684 g/mol. The van der Waals surface area contributed by atoms with Crippen LogP contribution < -0.4 is 0 Å². The molecule has 0 atom stereocenters. The predicted octanol–water partition coefficient (Wildman–Crippen LogP) is 12.4. The van der Waals surface area contributed by atoms with Crippen LogP contribution in [0.25, 0.3) is 43.8 Å². The van der Waals surface area contributed by atoms with Gasteiger partial charge in [-0.25, -0.2) is 0 Å². The first-order chi connectivity index (χ1) is 20.4. The van der Waals surface area contributed by atoms with Crippen LogP contribution >= 0.6 is 17.0 Å². The number of halogens is 2. The first-order valence-electron chi connectivity index (χ1n) is 14.5. The van der Waals surface area contributed by atoms with Crippen molar-refractivity contribution < 1.29 is 20.8 Å². The third kappa shape index (κ3) is 8.90. The van der Waals surface area contributed by atoms with Gasteiger partial charge in [0.2, 0.25) is 0 Å². The van der Waals surface area contributed by atoms with E-state index in [1.807, 2.05) is 0 Å². The molecule has 0 spiro atoms. The Morgan fingerprint density at radius 1 is 0.595 bits per heavy atom. The fourth-order valence-electron chi connectivity index (χ4n) is 5.43. The van der Waals surface area contributed by atoms with Crippen LogP contribution in [0.1, 0.15) is 36.1 Å². The van der Waals surface area contributed by atoms with E-state index in [2.05, 4.69) is 150 Å². The van der Waals surface area contributed by atoms with E-state index in [0.717, 1.165) is 22.4 Å². The summed E-state index contributed by atoms with van der Waals surface area (Å²) >= 11 is -0.826. The predicted molar refractivity (Wildman–Crippen MR) is 187 cm³/mol. The van der Waals surface area contributed by atoms with Crippen molar-refractivity contribution in [2.45, 2.75) is 53.6 Å². The standard InChI is InChI=1S/2C18H17.C2H6Si.2ClH.Zr/c2*1-3-14-9-10-16-11-13(2)12-17(16)18(14)15-7-5-4-6-8-15;1-3-2;;;/h2*4-12H,3H2,1-2H3;1-2H3;2*1H;/q2*-1;;;;+4/p-2. The number of benzene rings is 4. The van der Waals surface area contributed by atoms with E-state index in [-0.39, 0.29) is 0 Å². The topological polar surface area (TPSA) is 0 Å². The van der Waals surface area contributed by atoms with Crippen LogP contribution in [-0.2, 0) is 33.7 Å². The molecule has 0 aliphatic rings. The van der Waals surface area contributed by atoms with Gasteiger partial charge in [-0.1, -0.05) is 124 Å². The van der Waals surface area contributed by atoms with Crippen molar-refractivity contribution in [1.29, 1.82) is 0 Å². The third-order valence-electron chi connectivity index (χ3n) is 7.13. The molecule has 0 amide bonds. The van der Waals surface area contributed by atoms with Gasteiger partial charge in [-0.05, 0) is 24.0 Å². The average molecular weight is 687 g/mol. The van der Waals surface area contributed by atoms with E-state index in [1.54, 1.807) is 0 Å². The molecule has 0 fully saturated rings. The molecule has 0 nitrogen and oxygen atoms in total. The second-order valence-corrected chi connectivity index (χ2v) is 15.0. The Bertz CT molecular complexity index is 1520. The Labute approximate surface area is 274 Å². The normalized spacial score (nSPS) is 10.1. The molecule has 0 bridgehead atoms. The summed E-state index contributed by atoms with van der Waals surface area (Å²) in [7, 11) is 11.0.